The van der Waals surface area contributed by atoms with Crippen LogP contribution in [0.25, 0.3) is 5.65 Å². The lowest BCUT2D eigenvalue weighted by Gasteiger charge is -2.05. The van der Waals surface area contributed by atoms with Crippen molar-refractivity contribution in [2.45, 2.75) is 32.2 Å². The number of pyridine rings is 1. The number of carbonyl (C=O) groups is 1. The van der Waals surface area contributed by atoms with Crippen molar-refractivity contribution in [3.63, 3.8) is 0 Å². The van der Waals surface area contributed by atoms with Crippen LogP contribution in [0, 0.1) is 0 Å². The van der Waals surface area contributed by atoms with Crippen LogP contribution in [0.15, 0.2) is 30.6 Å². The number of hydrogen-bond acceptors (Lipinski definition) is 3. The summed E-state index contributed by atoms with van der Waals surface area (Å²) in [5.41, 5.74) is 7.53. The van der Waals surface area contributed by atoms with Gasteiger partial charge in [-0.2, -0.15) is 0 Å². The van der Waals surface area contributed by atoms with Crippen LogP contribution in [0.1, 0.15) is 25.5 Å². The molecule has 0 spiro atoms. The van der Waals surface area contributed by atoms with Gasteiger partial charge in [-0.05, 0) is 25.5 Å². The summed E-state index contributed by atoms with van der Waals surface area (Å²) in [6.07, 6.45) is 5.91. The normalized spacial score (nSPS) is 11.3. The van der Waals surface area contributed by atoms with E-state index in [0.29, 0.717) is 13.0 Å². The Morgan fingerprint density at radius 1 is 1.43 bits per heavy atom. The summed E-state index contributed by atoms with van der Waals surface area (Å²) in [6.45, 7) is 2.52. The molecule has 2 aromatic heterocycles. The lowest BCUT2D eigenvalue weighted by Crippen LogP contribution is -2.27. The molecule has 2 aromatic rings. The van der Waals surface area contributed by atoms with Crippen molar-refractivity contribution in [1.29, 1.82) is 0 Å². The Morgan fingerprint density at radius 2 is 2.19 bits per heavy atom. The summed E-state index contributed by atoms with van der Waals surface area (Å²) < 4.78 is 1.98. The first-order chi connectivity index (χ1) is 9.15. The largest absolute Gasteiger partial charge is 0.356 e. The van der Waals surface area contributed by atoms with Crippen LogP contribution in [0.4, 0.5) is 0 Å². The number of halogens is 2. The summed E-state index contributed by atoms with van der Waals surface area (Å²) in [7, 11) is 0. The number of carbonyl (C=O) groups excluding carboxylic acids is 1. The van der Waals surface area contributed by atoms with E-state index in [0.717, 1.165) is 24.2 Å². The summed E-state index contributed by atoms with van der Waals surface area (Å²) in [5, 5.41) is 2.89. The molecule has 2 heterocycles. The number of nitrogens with two attached hydrogens (primary N) is 1. The number of nitrogens with one attached hydrogen (secondary N) is 1. The molecule has 0 saturated carbocycles. The van der Waals surface area contributed by atoms with Crippen molar-refractivity contribution in [2.24, 2.45) is 5.73 Å². The summed E-state index contributed by atoms with van der Waals surface area (Å²) in [6, 6.07) is 5.96. The first-order valence-electron chi connectivity index (χ1n) is 6.60. The van der Waals surface area contributed by atoms with Gasteiger partial charge in [0, 0.05) is 37.8 Å². The van der Waals surface area contributed by atoms with E-state index in [1.165, 1.54) is 0 Å². The molecule has 0 saturated heterocycles. The Balaban J connectivity index is 0.00000200. The number of rotatable bonds is 6. The van der Waals surface area contributed by atoms with Crippen molar-refractivity contribution < 1.29 is 4.79 Å². The van der Waals surface area contributed by atoms with Gasteiger partial charge in [0.25, 0.3) is 0 Å². The Morgan fingerprint density at radius 3 is 2.86 bits per heavy atom. The SMILES string of the molecule is CC(N)CCC(=O)NCCc1cn2ccccc2n1.Cl.Cl. The van der Waals surface area contributed by atoms with Crippen molar-refractivity contribution >= 4 is 36.4 Å². The lowest BCUT2D eigenvalue weighted by molar-refractivity contribution is -0.121. The zero-order valence-corrected chi connectivity index (χ0v) is 13.6. The van der Waals surface area contributed by atoms with Crippen LogP contribution in [-0.2, 0) is 11.2 Å². The molecule has 0 aliphatic heterocycles. The first-order valence-corrected chi connectivity index (χ1v) is 6.60. The van der Waals surface area contributed by atoms with Gasteiger partial charge >= 0.3 is 0 Å². The zero-order chi connectivity index (χ0) is 13.7. The van der Waals surface area contributed by atoms with Crippen molar-refractivity contribution in [3.05, 3.63) is 36.3 Å². The van der Waals surface area contributed by atoms with E-state index in [1.807, 2.05) is 41.9 Å². The Bertz CT molecular complexity index is 524. The maximum atomic E-state index is 11.5. The number of fused-ring (bicyclic) bond motifs is 1. The molecule has 7 heteroatoms. The van der Waals surface area contributed by atoms with Gasteiger partial charge in [0.15, 0.2) is 0 Å². The van der Waals surface area contributed by atoms with E-state index < -0.39 is 0 Å². The molecule has 0 bridgehead atoms. The van der Waals surface area contributed by atoms with Crippen LogP contribution in [0.5, 0.6) is 0 Å². The molecular formula is C14H22Cl2N4O. The van der Waals surface area contributed by atoms with Crippen molar-refractivity contribution in [3.8, 4) is 0 Å². The van der Waals surface area contributed by atoms with Gasteiger partial charge in [-0.15, -0.1) is 24.8 Å². The first kappa shape index (κ1) is 19.7. The van der Waals surface area contributed by atoms with Crippen LogP contribution < -0.4 is 11.1 Å². The smallest absolute Gasteiger partial charge is 0.220 e. The third-order valence-corrected chi connectivity index (χ3v) is 2.94. The molecule has 3 N–H and O–H groups in total. The van der Waals surface area contributed by atoms with E-state index in [2.05, 4.69) is 10.3 Å². The Labute approximate surface area is 137 Å². The molecule has 1 unspecified atom stereocenters. The van der Waals surface area contributed by atoms with Gasteiger partial charge < -0.3 is 15.5 Å². The predicted octanol–water partition coefficient (Wildman–Crippen LogP) is 1.96. The standard InChI is InChI=1S/C14H20N4O.2ClH/c1-11(15)5-6-14(19)16-8-7-12-10-18-9-3-2-4-13(18)17-12;;/h2-4,9-11H,5-8,15H2,1H3,(H,16,19);2*1H. The average molecular weight is 333 g/mol. The highest BCUT2D eigenvalue weighted by Gasteiger charge is 2.04. The fourth-order valence-electron chi connectivity index (χ4n) is 1.88. The topological polar surface area (TPSA) is 72.4 Å². The molecule has 118 valence electrons. The molecule has 0 aliphatic rings. The van der Waals surface area contributed by atoms with E-state index in [-0.39, 0.29) is 36.8 Å². The van der Waals surface area contributed by atoms with Crippen LogP contribution in [0.2, 0.25) is 0 Å². The Hall–Kier alpha value is -1.30. The molecule has 0 radical (unpaired) electrons. The number of hydrogen-bond donors (Lipinski definition) is 2. The number of aromatic nitrogens is 2. The van der Waals surface area contributed by atoms with Gasteiger partial charge in [-0.25, -0.2) is 4.98 Å². The number of nitrogens with zero attached hydrogens (tertiary/aromatic N) is 2. The van der Waals surface area contributed by atoms with E-state index in [1.54, 1.807) is 0 Å². The van der Waals surface area contributed by atoms with Crippen LogP contribution in [0.3, 0.4) is 0 Å². The highest BCUT2D eigenvalue weighted by Crippen LogP contribution is 2.04. The van der Waals surface area contributed by atoms with Gasteiger partial charge in [0.05, 0.1) is 5.69 Å². The Kier molecular flexibility index (Phi) is 9.01. The minimum absolute atomic E-state index is 0. The summed E-state index contributed by atoms with van der Waals surface area (Å²) in [4.78, 5) is 16.0. The molecule has 2 rings (SSSR count). The van der Waals surface area contributed by atoms with E-state index in [9.17, 15) is 4.79 Å². The minimum atomic E-state index is 0. The predicted molar refractivity (Wildman–Crippen MR) is 89.3 cm³/mol. The molecule has 0 fully saturated rings. The van der Waals surface area contributed by atoms with Gasteiger partial charge in [0.1, 0.15) is 5.65 Å². The highest BCUT2D eigenvalue weighted by atomic mass is 35.5. The lowest BCUT2D eigenvalue weighted by atomic mass is 10.2. The molecule has 5 nitrogen and oxygen atoms in total. The average Bonchev–Trinajstić information content (AvgIpc) is 2.79. The third kappa shape index (κ3) is 6.33. The van der Waals surface area contributed by atoms with Crippen molar-refractivity contribution in [1.82, 2.24) is 14.7 Å². The second kappa shape index (κ2) is 9.60. The highest BCUT2D eigenvalue weighted by molar-refractivity contribution is 5.85. The summed E-state index contributed by atoms with van der Waals surface area (Å²) in [5.74, 6) is 0.0565. The fraction of sp³-hybridized carbons (Fsp3) is 0.429. The monoisotopic (exact) mass is 332 g/mol. The molecule has 21 heavy (non-hydrogen) atoms. The quantitative estimate of drug-likeness (QED) is 0.849. The fourth-order valence-corrected chi connectivity index (χ4v) is 1.88. The van der Waals surface area contributed by atoms with E-state index >= 15 is 0 Å². The van der Waals surface area contributed by atoms with Crippen molar-refractivity contribution in [2.75, 3.05) is 6.54 Å². The zero-order valence-electron chi connectivity index (χ0n) is 12.0. The third-order valence-electron chi connectivity index (χ3n) is 2.94. The second-order valence-corrected chi connectivity index (χ2v) is 4.81. The minimum Gasteiger partial charge on any atom is -0.356 e. The van der Waals surface area contributed by atoms with Gasteiger partial charge in [-0.3, -0.25) is 4.79 Å². The molecule has 1 amide bonds. The van der Waals surface area contributed by atoms with Gasteiger partial charge in [-0.1, -0.05) is 6.07 Å². The maximum Gasteiger partial charge on any atom is 0.220 e. The molecular weight excluding hydrogens is 311 g/mol. The summed E-state index contributed by atoms with van der Waals surface area (Å²) >= 11 is 0. The van der Waals surface area contributed by atoms with Crippen LogP contribution >= 0.6 is 24.8 Å². The molecule has 1 atom stereocenters. The molecule has 0 aromatic carbocycles. The van der Waals surface area contributed by atoms with E-state index in [4.69, 9.17) is 5.73 Å². The number of amides is 1. The molecule has 0 aliphatic carbocycles. The van der Waals surface area contributed by atoms with Crippen LogP contribution in [-0.4, -0.2) is 27.9 Å². The second-order valence-electron chi connectivity index (χ2n) is 4.81. The van der Waals surface area contributed by atoms with Gasteiger partial charge in [0.2, 0.25) is 5.91 Å². The number of imidazole rings is 1. The maximum absolute atomic E-state index is 11.5.